The van der Waals surface area contributed by atoms with E-state index in [0.29, 0.717) is 45.9 Å². The topological polar surface area (TPSA) is 109 Å². The van der Waals surface area contributed by atoms with Crippen LogP contribution in [0.3, 0.4) is 0 Å². The maximum absolute atomic E-state index is 31.5. The molecule has 7 aromatic rings. The molecule has 0 unspecified atom stereocenters. The summed E-state index contributed by atoms with van der Waals surface area (Å²) in [6.45, 7) is 0. The van der Waals surface area contributed by atoms with Gasteiger partial charge in [0.25, 0.3) is 0 Å². The Hall–Kier alpha value is -6.26. The summed E-state index contributed by atoms with van der Waals surface area (Å²) < 4.78 is 160. The summed E-state index contributed by atoms with van der Waals surface area (Å²) in [5.41, 5.74) is 6.45. The molecule has 25 heteroatoms. The smallest absolute Gasteiger partial charge is 0.164 e. The van der Waals surface area contributed by atoms with Crippen molar-refractivity contribution in [3.05, 3.63) is 97.1 Å². The van der Waals surface area contributed by atoms with E-state index in [9.17, 15) is 53.1 Å². The first-order chi connectivity index (χ1) is 23.8. The van der Waals surface area contributed by atoms with Gasteiger partial charge in [-0.15, -0.1) is 0 Å². The van der Waals surface area contributed by atoms with Crippen molar-refractivity contribution in [3.8, 4) is 45.6 Å². The SMILES string of the molecule is [F][Zn]([F])([F])([F])([F])([F])([F])([F])([F])([F])([F])([F])([F])([F])([F])[F].c1ccc2c(c1)-c1nc-2nc2[nH]c(nc3nc(nc4[nH]c(n1)c1ccccc41)-c1ccccc1-3)c1ccccc21. The van der Waals surface area contributed by atoms with Gasteiger partial charge in [-0.25, -0.2) is 29.9 Å². The number of rotatable bonds is 0. The van der Waals surface area contributed by atoms with Gasteiger partial charge in [0.2, 0.25) is 0 Å². The third-order valence-electron chi connectivity index (χ3n) is 7.46. The van der Waals surface area contributed by atoms with Crippen molar-refractivity contribution in [1.29, 1.82) is 0 Å². The summed E-state index contributed by atoms with van der Waals surface area (Å²) in [5.74, 6) is 2.39. The average Bonchev–Trinajstić information content (AvgIpc) is 3.74. The molecule has 2 N–H and O–H groups in total. The predicted octanol–water partition coefficient (Wildman–Crippen LogP) is 13.6. The molecular weight excluding hydrogens is 866 g/mol. The number of halogens is 16. The van der Waals surface area contributed by atoms with Crippen molar-refractivity contribution in [1.82, 2.24) is 39.9 Å². The molecule has 0 amide bonds. The zero-order chi connectivity index (χ0) is 42.5. The van der Waals surface area contributed by atoms with Crippen LogP contribution < -0.4 is 0 Å². The molecule has 2 aliphatic rings. The minimum absolute atomic E-state index is 0.597. The molecule has 0 spiro atoms. The molecular formula is C32H18F16N8Zn. The van der Waals surface area contributed by atoms with Crippen LogP contribution in [0.5, 0.6) is 0 Å². The van der Waals surface area contributed by atoms with Crippen LogP contribution in [0.15, 0.2) is 97.1 Å². The number of H-pyrrole nitrogens is 2. The molecule has 57 heavy (non-hydrogen) atoms. The molecule has 5 heterocycles. The van der Waals surface area contributed by atoms with Crippen molar-refractivity contribution in [2.45, 2.75) is 0 Å². The van der Waals surface area contributed by atoms with Gasteiger partial charge in [-0.2, -0.15) is 0 Å². The normalized spacial score (nSPS) is 27.2. The monoisotopic (exact) mass is 882 g/mol. The predicted molar refractivity (Wildman–Crippen MR) is 174 cm³/mol. The summed E-state index contributed by atoms with van der Waals surface area (Å²) in [5, 5.41) is 3.82. The minimum Gasteiger partial charge on any atom is -0.324 e. The van der Waals surface area contributed by atoms with E-state index in [0.717, 1.165) is 43.8 Å². The number of fused-ring (bicyclic) bond motifs is 20. The van der Waals surface area contributed by atoms with Gasteiger partial charge in [-0.05, 0) is 0 Å². The van der Waals surface area contributed by atoms with Gasteiger partial charge in [0.1, 0.15) is 22.6 Å². The van der Waals surface area contributed by atoms with Crippen LogP contribution in [-0.4, -0.2) is 39.9 Å². The van der Waals surface area contributed by atoms with Gasteiger partial charge in [0.15, 0.2) is 23.3 Å². The molecule has 0 atom stereocenters. The van der Waals surface area contributed by atoms with Crippen molar-refractivity contribution < 1.29 is 61.7 Å². The standard InChI is InChI=1S/C32H18N8.16FH.Zn/c1-2-10-18-17(9-1)25-33-26(18)38-28-21-13-5-6-14-22(21)30(35-28)40-32-24-16-8-7-15-23(24)31(36-32)39-29-20-12-4-3-11-19(20)27(34-29)37-25;;;;;;;;;;;;;;;;;/h1-16H,(H2,33,34,35,36,37,38,39,40);16*1H;/q;;;;;;;;;;;;;;;;;+16/p-16. The Morgan fingerprint density at radius 3 is 0.649 bits per heavy atom. The second-order valence-electron chi connectivity index (χ2n) is 21.9. The van der Waals surface area contributed by atoms with Crippen molar-refractivity contribution in [2.24, 2.45) is 0 Å². The Kier molecular flexibility index (Phi) is 2.26. The third kappa shape index (κ3) is 11.0. The molecule has 300 valence electrons. The van der Waals surface area contributed by atoms with Crippen molar-refractivity contribution >= 4 is 44.1 Å². The second-order valence-corrected chi connectivity index (χ2v) is 72.8. The zero-order valence-electron chi connectivity index (χ0n) is 27.7. The first-order valence-corrected chi connectivity index (χ1v) is 35.2. The summed E-state index contributed by atoms with van der Waals surface area (Å²) >= 11 is 0. The summed E-state index contributed by atoms with van der Waals surface area (Å²) in [7, 11) is -31.5. The maximum Gasteiger partial charge on any atom is 0.164 e. The quantitative estimate of drug-likeness (QED) is 0.116. The fraction of sp³-hybridized carbons (Fsp3) is 0. The van der Waals surface area contributed by atoms with Gasteiger partial charge >= 0.3 is 61.7 Å². The van der Waals surface area contributed by atoms with Crippen LogP contribution in [0.25, 0.3) is 89.7 Å². The molecule has 0 saturated carbocycles. The fourth-order valence-electron chi connectivity index (χ4n) is 5.59. The van der Waals surface area contributed by atoms with E-state index in [1.165, 1.54) is 0 Å². The van der Waals surface area contributed by atoms with Crippen LogP contribution in [0.4, 0.5) is 53.1 Å². The summed E-state index contributed by atoms with van der Waals surface area (Å²) in [4.78, 5) is 36.8. The fourth-order valence-corrected chi connectivity index (χ4v) is 5.59. The number of aromatic amines is 2. The number of aromatic nitrogens is 8. The Balaban J connectivity index is 0.000000229. The van der Waals surface area contributed by atoms with E-state index in [1.54, 1.807) is 0 Å². The molecule has 4 aromatic carbocycles. The Morgan fingerprint density at radius 1 is 0.281 bits per heavy atom. The molecule has 0 radical (unpaired) electrons. The first-order valence-electron chi connectivity index (χ1n) is 17.3. The van der Waals surface area contributed by atoms with E-state index in [2.05, 4.69) is 9.97 Å². The largest absolute Gasteiger partial charge is 0.324 e. The number of benzene rings is 4. The van der Waals surface area contributed by atoms with Crippen LogP contribution in [-0.2, 0) is 8.63 Å². The molecule has 0 aliphatic carbocycles. The van der Waals surface area contributed by atoms with Gasteiger partial charge in [-0.1, -0.05) is 97.1 Å². The summed E-state index contributed by atoms with van der Waals surface area (Å²) in [6, 6.07) is 32.2. The number of hydrogen-bond acceptors (Lipinski definition) is 6. The van der Waals surface area contributed by atoms with Crippen LogP contribution >= 0.6 is 0 Å². The van der Waals surface area contributed by atoms with Gasteiger partial charge in [-0.3, -0.25) is 0 Å². The molecule has 0 fully saturated rings. The molecule has 2 aliphatic heterocycles. The van der Waals surface area contributed by atoms with E-state index in [4.69, 9.17) is 29.9 Å². The van der Waals surface area contributed by atoms with Gasteiger partial charge in [0.05, 0.1) is 0 Å². The van der Waals surface area contributed by atoms with Crippen molar-refractivity contribution in [3.63, 3.8) is 0 Å². The van der Waals surface area contributed by atoms with Gasteiger partial charge in [0, 0.05) is 43.8 Å². The second kappa shape index (κ2) is 3.43. The minimum atomic E-state index is -31.5. The molecule has 9 rings (SSSR count). The average molecular weight is 884 g/mol. The van der Waals surface area contributed by atoms with Crippen LogP contribution in [0, 0.1) is 0 Å². The number of hydrogen-bond donors (Lipinski definition) is 2. The van der Waals surface area contributed by atoms with Gasteiger partial charge < -0.3 is 9.97 Å². The molecule has 8 bridgehead atoms. The van der Waals surface area contributed by atoms with E-state index in [-0.39, 0.29) is 0 Å². The Bertz CT molecular complexity index is 3470. The number of nitrogens with one attached hydrogen (secondary N) is 2. The van der Waals surface area contributed by atoms with E-state index < -0.39 is 8.63 Å². The van der Waals surface area contributed by atoms with Crippen LogP contribution in [0.2, 0.25) is 0 Å². The molecule has 3 aromatic heterocycles. The Labute approximate surface area is 288 Å². The van der Waals surface area contributed by atoms with E-state index in [1.807, 2.05) is 97.1 Å². The number of nitrogens with zero attached hydrogens (tertiary/aromatic N) is 6. The van der Waals surface area contributed by atoms with E-state index >= 15 is 0 Å². The third-order valence-corrected chi connectivity index (χ3v) is 7.46. The zero-order valence-corrected chi connectivity index (χ0v) is 30.6. The van der Waals surface area contributed by atoms with Crippen LogP contribution in [0.1, 0.15) is 0 Å². The summed E-state index contributed by atoms with van der Waals surface area (Å²) in [6.07, 6.45) is 0. The van der Waals surface area contributed by atoms with Crippen molar-refractivity contribution in [2.75, 3.05) is 0 Å². The first kappa shape index (κ1) is 37.7. The maximum atomic E-state index is 9.98. The molecule has 8 nitrogen and oxygen atoms in total. The Morgan fingerprint density at radius 2 is 0.456 bits per heavy atom. The molecule has 0 saturated heterocycles.